The van der Waals surface area contributed by atoms with Crippen molar-refractivity contribution >= 4 is 23.3 Å². The van der Waals surface area contributed by atoms with Crippen molar-refractivity contribution in [3.63, 3.8) is 0 Å². The van der Waals surface area contributed by atoms with E-state index in [0.29, 0.717) is 35.3 Å². The summed E-state index contributed by atoms with van der Waals surface area (Å²) >= 11 is 6.25. The van der Waals surface area contributed by atoms with Gasteiger partial charge in [-0.3, -0.25) is 4.79 Å². The maximum Gasteiger partial charge on any atom is 0.226 e. The largest absolute Gasteiger partial charge is 0.493 e. The number of nitrogens with one attached hydrogen (secondary N) is 1. The Morgan fingerprint density at radius 3 is 2.68 bits per heavy atom. The molecule has 1 aromatic heterocycles. The number of rotatable bonds is 4. The smallest absolute Gasteiger partial charge is 0.226 e. The summed E-state index contributed by atoms with van der Waals surface area (Å²) in [6.45, 7) is 0. The van der Waals surface area contributed by atoms with Gasteiger partial charge < -0.3 is 14.8 Å². The number of ether oxygens (including phenoxy) is 2. The van der Waals surface area contributed by atoms with Crippen LogP contribution in [0.15, 0.2) is 60.1 Å². The summed E-state index contributed by atoms with van der Waals surface area (Å²) in [6, 6.07) is 13.0. The SMILES string of the molecule is COc1ccc([C@H]2CC(=O)C3=C(C2)Nc2ncnn2[C@@H]3c2cccc(Cl)c2)cc1OC. The zero-order chi connectivity index (χ0) is 21.5. The Bertz CT molecular complexity index is 1200. The van der Waals surface area contributed by atoms with Gasteiger partial charge in [-0.25, -0.2) is 4.68 Å². The van der Waals surface area contributed by atoms with Crippen LogP contribution in [-0.2, 0) is 4.79 Å². The van der Waals surface area contributed by atoms with E-state index in [-0.39, 0.29) is 17.7 Å². The second-order valence-electron chi connectivity index (χ2n) is 7.65. The number of nitrogens with zero attached hydrogens (tertiary/aromatic N) is 3. The van der Waals surface area contributed by atoms with E-state index in [1.54, 1.807) is 18.9 Å². The van der Waals surface area contributed by atoms with Crippen molar-refractivity contribution in [3.05, 3.63) is 76.2 Å². The van der Waals surface area contributed by atoms with Gasteiger partial charge >= 0.3 is 0 Å². The molecule has 31 heavy (non-hydrogen) atoms. The normalized spacial score (nSPS) is 20.0. The molecule has 1 N–H and O–H groups in total. The third kappa shape index (κ3) is 3.35. The Hall–Kier alpha value is -3.32. The zero-order valence-electron chi connectivity index (χ0n) is 17.1. The maximum absolute atomic E-state index is 13.4. The van der Waals surface area contributed by atoms with Crippen molar-refractivity contribution in [1.82, 2.24) is 14.8 Å². The fraction of sp³-hybridized carbons (Fsp3) is 0.261. The molecule has 1 aliphatic carbocycles. The van der Waals surface area contributed by atoms with Crippen LogP contribution in [0.2, 0.25) is 5.02 Å². The number of allylic oxidation sites excluding steroid dienone is 2. The second-order valence-corrected chi connectivity index (χ2v) is 8.08. The van der Waals surface area contributed by atoms with Crippen LogP contribution in [0.4, 0.5) is 5.95 Å². The second kappa shape index (κ2) is 7.74. The van der Waals surface area contributed by atoms with E-state index in [1.807, 2.05) is 42.5 Å². The highest BCUT2D eigenvalue weighted by molar-refractivity contribution is 6.30. The Labute approximate surface area is 184 Å². The van der Waals surface area contributed by atoms with Gasteiger partial charge in [-0.05, 0) is 47.7 Å². The number of aromatic nitrogens is 3. The van der Waals surface area contributed by atoms with Crippen LogP contribution in [0, 0.1) is 0 Å². The average molecular weight is 437 g/mol. The summed E-state index contributed by atoms with van der Waals surface area (Å²) in [7, 11) is 3.22. The lowest BCUT2D eigenvalue weighted by atomic mass is 9.78. The van der Waals surface area contributed by atoms with Crippen molar-refractivity contribution in [2.75, 3.05) is 19.5 Å². The van der Waals surface area contributed by atoms with Crippen LogP contribution in [-0.4, -0.2) is 34.8 Å². The number of halogens is 1. The van der Waals surface area contributed by atoms with E-state index < -0.39 is 0 Å². The minimum Gasteiger partial charge on any atom is -0.493 e. The number of hydrogen-bond donors (Lipinski definition) is 1. The predicted octanol–water partition coefficient (Wildman–Crippen LogP) is 4.36. The van der Waals surface area contributed by atoms with Crippen molar-refractivity contribution in [1.29, 1.82) is 0 Å². The van der Waals surface area contributed by atoms with Crippen molar-refractivity contribution in [3.8, 4) is 11.5 Å². The summed E-state index contributed by atoms with van der Waals surface area (Å²) in [5.41, 5.74) is 3.54. The fourth-order valence-corrected chi connectivity index (χ4v) is 4.68. The molecule has 0 spiro atoms. The molecule has 2 aliphatic rings. The lowest BCUT2D eigenvalue weighted by Gasteiger charge is -2.35. The highest BCUT2D eigenvalue weighted by Gasteiger charge is 2.39. The van der Waals surface area contributed by atoms with Crippen LogP contribution >= 0.6 is 11.6 Å². The number of benzene rings is 2. The number of hydrogen-bond acceptors (Lipinski definition) is 6. The number of fused-ring (bicyclic) bond motifs is 1. The van der Waals surface area contributed by atoms with Crippen molar-refractivity contribution < 1.29 is 14.3 Å². The molecule has 8 heteroatoms. The molecular weight excluding hydrogens is 416 g/mol. The fourth-order valence-electron chi connectivity index (χ4n) is 4.48. The monoisotopic (exact) mass is 436 g/mol. The summed E-state index contributed by atoms with van der Waals surface area (Å²) in [4.78, 5) is 17.8. The Morgan fingerprint density at radius 1 is 1.06 bits per heavy atom. The molecule has 0 saturated heterocycles. The van der Waals surface area contributed by atoms with Crippen LogP contribution < -0.4 is 14.8 Å². The number of carbonyl (C=O) groups excluding carboxylic acids is 1. The van der Waals surface area contributed by atoms with E-state index in [4.69, 9.17) is 21.1 Å². The van der Waals surface area contributed by atoms with Gasteiger partial charge in [0, 0.05) is 22.7 Å². The van der Waals surface area contributed by atoms with E-state index in [9.17, 15) is 4.79 Å². The third-order valence-corrected chi connectivity index (χ3v) is 6.14. The molecule has 0 saturated carbocycles. The minimum atomic E-state index is -0.355. The molecule has 7 nitrogen and oxygen atoms in total. The first-order valence-corrected chi connectivity index (χ1v) is 10.4. The number of anilines is 1. The molecule has 2 atom stereocenters. The molecule has 0 radical (unpaired) electrons. The predicted molar refractivity (Wildman–Crippen MR) is 117 cm³/mol. The third-order valence-electron chi connectivity index (χ3n) is 5.91. The highest BCUT2D eigenvalue weighted by Crippen LogP contribution is 2.45. The van der Waals surface area contributed by atoms with Gasteiger partial charge in [0.2, 0.25) is 5.95 Å². The number of methoxy groups -OCH3 is 2. The molecular formula is C23H21ClN4O3. The lowest BCUT2D eigenvalue weighted by molar-refractivity contribution is -0.116. The first-order valence-electron chi connectivity index (χ1n) is 9.99. The molecule has 0 fully saturated rings. The quantitative estimate of drug-likeness (QED) is 0.654. The van der Waals surface area contributed by atoms with Crippen LogP contribution in [0.25, 0.3) is 0 Å². The summed E-state index contributed by atoms with van der Waals surface area (Å²) in [5.74, 6) is 2.04. The van der Waals surface area contributed by atoms with E-state index in [2.05, 4.69) is 15.4 Å². The van der Waals surface area contributed by atoms with Crippen LogP contribution in [0.1, 0.15) is 35.9 Å². The number of ketones is 1. The van der Waals surface area contributed by atoms with E-state index in [1.165, 1.54) is 6.33 Å². The molecule has 1 aliphatic heterocycles. The summed E-state index contributed by atoms with van der Waals surface area (Å²) in [5, 5.41) is 8.32. The first kappa shape index (κ1) is 19.6. The molecule has 0 bridgehead atoms. The van der Waals surface area contributed by atoms with Gasteiger partial charge in [0.25, 0.3) is 0 Å². The van der Waals surface area contributed by atoms with Gasteiger partial charge in [-0.15, -0.1) is 0 Å². The summed E-state index contributed by atoms with van der Waals surface area (Å²) < 4.78 is 12.5. The van der Waals surface area contributed by atoms with E-state index >= 15 is 0 Å². The van der Waals surface area contributed by atoms with Gasteiger partial charge in [-0.1, -0.05) is 29.8 Å². The van der Waals surface area contributed by atoms with Crippen LogP contribution in [0.3, 0.4) is 0 Å². The molecule has 0 unspecified atom stereocenters. The molecule has 3 aromatic rings. The van der Waals surface area contributed by atoms with Gasteiger partial charge in [0.05, 0.1) is 14.2 Å². The Kier molecular flexibility index (Phi) is 4.90. The first-order chi connectivity index (χ1) is 15.1. The standard InChI is InChI=1S/C23H21ClN4O3/c1-30-19-7-6-13(11-20(19)31-2)15-9-17-21(18(29)10-15)22(14-4-3-5-16(24)8-14)28-23(27-17)25-12-26-28/h3-8,11-12,15,22H,9-10H2,1-2H3,(H,25,26,27)/t15-,22-/m1/s1. The molecule has 158 valence electrons. The minimum absolute atomic E-state index is 0.0213. The van der Waals surface area contributed by atoms with Crippen LogP contribution in [0.5, 0.6) is 11.5 Å². The van der Waals surface area contributed by atoms with Gasteiger partial charge in [0.1, 0.15) is 12.4 Å². The Morgan fingerprint density at radius 2 is 1.90 bits per heavy atom. The zero-order valence-corrected chi connectivity index (χ0v) is 17.9. The maximum atomic E-state index is 13.4. The molecule has 2 heterocycles. The number of carbonyl (C=O) groups is 1. The lowest BCUT2D eigenvalue weighted by Crippen LogP contribution is -2.33. The van der Waals surface area contributed by atoms with E-state index in [0.717, 1.165) is 22.4 Å². The molecule has 2 aromatic carbocycles. The topological polar surface area (TPSA) is 78.3 Å². The van der Waals surface area contributed by atoms with Gasteiger partial charge in [0.15, 0.2) is 17.3 Å². The average Bonchev–Trinajstić information content (AvgIpc) is 3.25. The molecule has 5 rings (SSSR count). The van der Waals surface area contributed by atoms with Gasteiger partial charge in [-0.2, -0.15) is 10.1 Å². The van der Waals surface area contributed by atoms with Crippen molar-refractivity contribution in [2.45, 2.75) is 24.8 Å². The number of Topliss-reactive ketones (excluding diaryl/α,β-unsaturated/α-hetero) is 1. The van der Waals surface area contributed by atoms with Crippen molar-refractivity contribution in [2.24, 2.45) is 0 Å². The molecule has 0 amide bonds. The summed E-state index contributed by atoms with van der Waals surface area (Å²) in [6.07, 6.45) is 2.58. The highest BCUT2D eigenvalue weighted by atomic mass is 35.5. The Balaban J connectivity index is 1.56.